The highest BCUT2D eigenvalue weighted by Gasteiger charge is 2.21. The summed E-state index contributed by atoms with van der Waals surface area (Å²) in [6, 6.07) is 3.84. The Morgan fingerprint density at radius 3 is 2.76 bits per heavy atom. The summed E-state index contributed by atoms with van der Waals surface area (Å²) in [4.78, 5) is 18.9. The van der Waals surface area contributed by atoms with Crippen LogP contribution < -0.4 is 16.8 Å². The van der Waals surface area contributed by atoms with Gasteiger partial charge in [-0.3, -0.25) is 9.78 Å². The highest BCUT2D eigenvalue weighted by Crippen LogP contribution is 2.18. The van der Waals surface area contributed by atoms with Crippen molar-refractivity contribution in [3.8, 4) is 0 Å². The molecule has 6 nitrogen and oxygen atoms in total. The number of aromatic nitrogens is 1. The minimum absolute atomic E-state index is 0.252. The largest absolute Gasteiger partial charge is 0.370 e. The molecule has 17 heavy (non-hydrogen) atoms. The van der Waals surface area contributed by atoms with Crippen molar-refractivity contribution in [2.45, 2.75) is 25.4 Å². The Labute approximate surface area is 99.1 Å². The maximum absolute atomic E-state index is 10.8. The molecule has 1 fully saturated rings. The number of nitrogens with two attached hydrogens (primary N) is 2. The maximum Gasteiger partial charge on any atom is 0.267 e. The first-order valence-corrected chi connectivity index (χ1v) is 5.46. The molecule has 1 amide bonds. The third kappa shape index (κ3) is 3.44. The monoisotopic (exact) mass is 233 g/mol. The predicted molar refractivity (Wildman–Crippen MR) is 64.2 cm³/mol. The van der Waals surface area contributed by atoms with Gasteiger partial charge in [0, 0.05) is 12.2 Å². The van der Waals surface area contributed by atoms with Crippen LogP contribution in [0.2, 0.25) is 0 Å². The standard InChI is InChI=1S/C11H15N5O/c12-10(17)9-4-1-7(5-14-9)6-15-11(13)16-8-2-3-8/h1,4-5,8H,2-3,6H2,(H2,12,17)(H3,13,15,16). The lowest BCUT2D eigenvalue weighted by Gasteiger charge is -2.03. The molecule has 0 aromatic carbocycles. The summed E-state index contributed by atoms with van der Waals surface area (Å²) in [5.41, 5.74) is 11.9. The molecule has 1 saturated carbocycles. The van der Waals surface area contributed by atoms with Crippen molar-refractivity contribution in [3.63, 3.8) is 0 Å². The topological polar surface area (TPSA) is 106 Å². The van der Waals surface area contributed by atoms with E-state index in [0.29, 0.717) is 18.5 Å². The molecule has 1 aromatic rings. The molecule has 0 saturated heterocycles. The summed E-state index contributed by atoms with van der Waals surface area (Å²) >= 11 is 0. The smallest absolute Gasteiger partial charge is 0.267 e. The molecule has 0 aliphatic heterocycles. The number of nitrogens with one attached hydrogen (secondary N) is 1. The molecule has 0 bridgehead atoms. The fourth-order valence-electron chi connectivity index (χ4n) is 1.32. The molecular weight excluding hydrogens is 218 g/mol. The summed E-state index contributed by atoms with van der Waals surface area (Å²) in [6.07, 6.45) is 3.89. The molecule has 6 heteroatoms. The Balaban J connectivity index is 1.91. The van der Waals surface area contributed by atoms with Gasteiger partial charge >= 0.3 is 0 Å². The zero-order chi connectivity index (χ0) is 12.3. The second kappa shape index (κ2) is 4.82. The van der Waals surface area contributed by atoms with E-state index in [4.69, 9.17) is 11.5 Å². The third-order valence-electron chi connectivity index (χ3n) is 2.44. The van der Waals surface area contributed by atoms with E-state index < -0.39 is 5.91 Å². The number of amides is 1. The molecule has 0 radical (unpaired) electrons. The van der Waals surface area contributed by atoms with Crippen LogP contribution in [-0.2, 0) is 6.54 Å². The summed E-state index contributed by atoms with van der Waals surface area (Å²) in [5.74, 6) is -0.0820. The highest BCUT2D eigenvalue weighted by atomic mass is 16.1. The number of pyridine rings is 1. The van der Waals surface area contributed by atoms with Crippen LogP contribution in [0.4, 0.5) is 0 Å². The molecule has 0 spiro atoms. The van der Waals surface area contributed by atoms with E-state index in [0.717, 1.165) is 18.4 Å². The highest BCUT2D eigenvalue weighted by molar-refractivity contribution is 5.90. The number of carbonyl (C=O) groups excluding carboxylic acids is 1. The Hall–Kier alpha value is -2.11. The number of primary amides is 1. The summed E-state index contributed by atoms with van der Waals surface area (Å²) in [7, 11) is 0. The van der Waals surface area contributed by atoms with Crippen molar-refractivity contribution < 1.29 is 4.79 Å². The van der Waals surface area contributed by atoms with E-state index >= 15 is 0 Å². The first kappa shape index (κ1) is 11.4. The normalized spacial score (nSPS) is 15.6. The van der Waals surface area contributed by atoms with Crippen LogP contribution >= 0.6 is 0 Å². The number of hydrogen-bond acceptors (Lipinski definition) is 3. The molecule has 2 rings (SSSR count). The van der Waals surface area contributed by atoms with Crippen molar-refractivity contribution in [2.75, 3.05) is 0 Å². The predicted octanol–water partition coefficient (Wildman–Crippen LogP) is -0.253. The van der Waals surface area contributed by atoms with E-state index in [2.05, 4.69) is 15.3 Å². The Bertz CT molecular complexity index is 436. The molecular formula is C11H15N5O. The van der Waals surface area contributed by atoms with Crippen LogP contribution in [0.25, 0.3) is 0 Å². The minimum atomic E-state index is -0.532. The first-order valence-electron chi connectivity index (χ1n) is 5.46. The first-order chi connectivity index (χ1) is 8.15. The van der Waals surface area contributed by atoms with E-state index in [-0.39, 0.29) is 5.69 Å². The maximum atomic E-state index is 10.8. The van der Waals surface area contributed by atoms with E-state index in [1.807, 2.05) is 0 Å². The average molecular weight is 233 g/mol. The fourth-order valence-corrected chi connectivity index (χ4v) is 1.32. The molecule has 1 aliphatic rings. The number of rotatable bonds is 4. The summed E-state index contributed by atoms with van der Waals surface area (Å²) < 4.78 is 0. The van der Waals surface area contributed by atoms with Crippen molar-refractivity contribution in [2.24, 2.45) is 16.5 Å². The van der Waals surface area contributed by atoms with Gasteiger partial charge in [0.15, 0.2) is 5.96 Å². The van der Waals surface area contributed by atoms with Gasteiger partial charge in [0.1, 0.15) is 5.69 Å². The molecule has 1 aromatic heterocycles. The van der Waals surface area contributed by atoms with Crippen LogP contribution in [0.15, 0.2) is 23.3 Å². The van der Waals surface area contributed by atoms with Gasteiger partial charge in [-0.25, -0.2) is 4.99 Å². The number of nitrogens with zero attached hydrogens (tertiary/aromatic N) is 2. The lowest BCUT2D eigenvalue weighted by atomic mass is 10.2. The van der Waals surface area contributed by atoms with Crippen molar-refractivity contribution in [3.05, 3.63) is 29.6 Å². The molecule has 0 atom stereocenters. The molecule has 0 unspecified atom stereocenters. The quantitative estimate of drug-likeness (QED) is 0.492. The van der Waals surface area contributed by atoms with Crippen molar-refractivity contribution in [1.82, 2.24) is 10.3 Å². The van der Waals surface area contributed by atoms with Gasteiger partial charge in [0.05, 0.1) is 6.54 Å². The van der Waals surface area contributed by atoms with Gasteiger partial charge in [-0.15, -0.1) is 0 Å². The Kier molecular flexibility index (Phi) is 3.22. The van der Waals surface area contributed by atoms with Crippen molar-refractivity contribution in [1.29, 1.82) is 0 Å². The zero-order valence-corrected chi connectivity index (χ0v) is 9.39. The van der Waals surface area contributed by atoms with Gasteiger partial charge in [-0.1, -0.05) is 6.07 Å². The number of guanidine groups is 1. The SMILES string of the molecule is NC(=O)c1ccc(CN=C(N)NC2CC2)cn1. The van der Waals surface area contributed by atoms with Gasteiger partial charge in [-0.2, -0.15) is 0 Å². The van der Waals surface area contributed by atoms with E-state index in [1.165, 1.54) is 0 Å². The Morgan fingerprint density at radius 1 is 1.47 bits per heavy atom. The number of aliphatic imine (C=N–C) groups is 1. The van der Waals surface area contributed by atoms with E-state index in [1.54, 1.807) is 18.3 Å². The van der Waals surface area contributed by atoms with Gasteiger partial charge in [0.25, 0.3) is 5.91 Å². The van der Waals surface area contributed by atoms with Gasteiger partial charge < -0.3 is 16.8 Å². The summed E-state index contributed by atoms with van der Waals surface area (Å²) in [5, 5.41) is 3.09. The molecule has 90 valence electrons. The van der Waals surface area contributed by atoms with Gasteiger partial charge in [-0.05, 0) is 24.5 Å². The second-order valence-corrected chi connectivity index (χ2v) is 4.04. The van der Waals surface area contributed by atoms with Crippen molar-refractivity contribution >= 4 is 11.9 Å². The summed E-state index contributed by atoms with van der Waals surface area (Å²) in [6.45, 7) is 0.442. The molecule has 1 aliphatic carbocycles. The average Bonchev–Trinajstić information content (AvgIpc) is 3.11. The third-order valence-corrected chi connectivity index (χ3v) is 2.44. The second-order valence-electron chi connectivity index (χ2n) is 4.04. The van der Waals surface area contributed by atoms with Crippen LogP contribution in [-0.4, -0.2) is 22.9 Å². The van der Waals surface area contributed by atoms with Crippen LogP contribution in [0.5, 0.6) is 0 Å². The lowest BCUT2D eigenvalue weighted by molar-refractivity contribution is 0.0995. The van der Waals surface area contributed by atoms with Crippen LogP contribution in [0, 0.1) is 0 Å². The van der Waals surface area contributed by atoms with Gasteiger partial charge in [0.2, 0.25) is 0 Å². The number of hydrogen-bond donors (Lipinski definition) is 3. The fraction of sp³-hybridized carbons (Fsp3) is 0.364. The minimum Gasteiger partial charge on any atom is -0.370 e. The zero-order valence-electron chi connectivity index (χ0n) is 9.39. The molecule has 5 N–H and O–H groups in total. The Morgan fingerprint density at radius 2 is 2.24 bits per heavy atom. The lowest BCUT2D eigenvalue weighted by Crippen LogP contribution is -2.33. The van der Waals surface area contributed by atoms with Crippen LogP contribution in [0.1, 0.15) is 28.9 Å². The van der Waals surface area contributed by atoms with Crippen LogP contribution in [0.3, 0.4) is 0 Å². The van der Waals surface area contributed by atoms with E-state index in [9.17, 15) is 4.79 Å². The number of carbonyl (C=O) groups is 1. The molecule has 1 heterocycles.